The van der Waals surface area contributed by atoms with Crippen LogP contribution in [-0.4, -0.2) is 619 Å². The molecule has 11 fully saturated rings. The molecule has 0 spiro atoms. The maximum atomic E-state index is 13.3. The van der Waals surface area contributed by atoms with E-state index in [4.69, 9.17) is 104 Å². The molecule has 11 aliphatic heterocycles. The molecule has 0 aromatic rings. The van der Waals surface area contributed by atoms with Crippen molar-refractivity contribution in [3.8, 4) is 0 Å². The minimum atomic E-state index is -2.57. The molecular formula is C80H134N6O58. The highest BCUT2D eigenvalue weighted by Crippen LogP contribution is 2.42. The van der Waals surface area contributed by atoms with Crippen LogP contribution < -0.4 is 31.9 Å². The number of nitrogens with one attached hydrogen (secondary N) is 6. The Morgan fingerprint density at radius 2 is 0.444 bits per heavy atom. The number of amides is 6. The van der Waals surface area contributed by atoms with Gasteiger partial charge >= 0.3 is 0 Å². The Morgan fingerprint density at radius 3 is 0.743 bits per heavy atom. The number of hydrogen-bond donors (Lipinski definition) is 36. The summed E-state index contributed by atoms with van der Waals surface area (Å²) in [5, 5.41) is 350. The molecule has 0 aromatic carbocycles. The zero-order valence-corrected chi connectivity index (χ0v) is 77.4. The SMILES string of the molecule is CC(=O)N[C@H]1[C@H](OC[C@H]2O[C@@H](O[C@H]3[C@H](O)[C@@H](NC(C)=O)[C@H](O[C@H]4[C@@H](O)[C@@H](CO)O[C@@H](O[C@H]5[C@H](O)[C@@H](O)[C@H](OC[C@@H](CO)NC=O)O[C@@H]5CO)[C@@H]4O)O[C@@H]3CO)[C@H](O)[C@@H](O[C@@H]3O[C@H](CO)[C@@H](O[C@@H]4O[C@H](CO)[C@H](O)[C@H](O)[C@H]4O)[C@H](O)[C@H]3NC(C)=O)[C@H]2O)O[C@H](CO)[C@@H](O[C@@H]2O[C@H](CO[C@@H]3O[C@H](CO)[C@@H](O[C@@H]4O[C@H](CO)[C@H](O)[C@H](O[C@@H]5O[C@H](CO)[C@@H](O)[C@H](O)[C@H]5NC(C)=O)[C@H]4O)[C@H](O)[C@H]3NC(C)=O)[C@H](O)[C@H](O)[C@H]2O)[C@@H]1O. The molecule has 0 aliphatic carbocycles. The van der Waals surface area contributed by atoms with E-state index in [0.717, 1.165) is 34.6 Å². The maximum absolute atomic E-state index is 13.3. The van der Waals surface area contributed by atoms with Crippen LogP contribution in [-0.2, 0) is 133 Å². The van der Waals surface area contributed by atoms with E-state index in [1.807, 2.05) is 0 Å². The number of ether oxygens (including phenoxy) is 22. The Labute approximate surface area is 815 Å². The molecule has 11 rings (SSSR count). The molecule has 6 amide bonds. The van der Waals surface area contributed by atoms with Crippen molar-refractivity contribution >= 4 is 35.9 Å². The molecule has 64 heteroatoms. The summed E-state index contributed by atoms with van der Waals surface area (Å²) in [4.78, 5) is 75.8. The molecule has 0 saturated carbocycles. The van der Waals surface area contributed by atoms with Crippen molar-refractivity contribution < 1.29 is 286 Å². The van der Waals surface area contributed by atoms with Crippen LogP contribution in [0.4, 0.5) is 0 Å². The zero-order valence-electron chi connectivity index (χ0n) is 77.4. The summed E-state index contributed by atoms with van der Waals surface area (Å²) >= 11 is 0. The van der Waals surface area contributed by atoms with Crippen molar-refractivity contribution in [3.05, 3.63) is 0 Å². The zero-order chi connectivity index (χ0) is 106. The lowest BCUT2D eigenvalue weighted by Crippen LogP contribution is -2.71. The van der Waals surface area contributed by atoms with Crippen LogP contribution in [0.1, 0.15) is 34.6 Å². The van der Waals surface area contributed by atoms with Gasteiger partial charge in [0.1, 0.15) is 268 Å². The first kappa shape index (κ1) is 119. The first-order chi connectivity index (χ1) is 68.3. The minimum absolute atomic E-state index is 0.234. The number of rotatable bonds is 42. The molecule has 832 valence electrons. The quantitative estimate of drug-likeness (QED) is 0.0252. The van der Waals surface area contributed by atoms with Gasteiger partial charge in [0.05, 0.1) is 91.9 Å². The van der Waals surface area contributed by atoms with Crippen LogP contribution in [0, 0.1) is 0 Å². The third-order valence-corrected chi connectivity index (χ3v) is 25.9. The Morgan fingerprint density at radius 1 is 0.229 bits per heavy atom. The highest BCUT2D eigenvalue weighted by Gasteiger charge is 2.63. The smallest absolute Gasteiger partial charge is 0.217 e. The Balaban J connectivity index is 0.825. The van der Waals surface area contributed by atoms with E-state index < -0.39 is 459 Å². The van der Waals surface area contributed by atoms with Gasteiger partial charge in [0, 0.05) is 34.6 Å². The van der Waals surface area contributed by atoms with Crippen LogP contribution in [0.25, 0.3) is 0 Å². The van der Waals surface area contributed by atoms with Gasteiger partial charge in [-0.15, -0.1) is 0 Å². The number of carbonyl (C=O) groups is 6. The topological polar surface area (TPSA) is 985 Å². The van der Waals surface area contributed by atoms with E-state index >= 15 is 0 Å². The molecule has 36 N–H and O–H groups in total. The van der Waals surface area contributed by atoms with Gasteiger partial charge in [-0.2, -0.15) is 0 Å². The van der Waals surface area contributed by atoms with Gasteiger partial charge in [-0.1, -0.05) is 0 Å². The van der Waals surface area contributed by atoms with Crippen molar-refractivity contribution in [1.29, 1.82) is 0 Å². The fourth-order valence-corrected chi connectivity index (χ4v) is 18.3. The predicted octanol–water partition coefficient (Wildman–Crippen LogP) is -25.1. The fraction of sp³-hybridized carbons (Fsp3) is 0.925. The lowest BCUT2D eigenvalue weighted by atomic mass is 9.93. The molecule has 11 heterocycles. The maximum Gasteiger partial charge on any atom is 0.217 e. The lowest BCUT2D eigenvalue weighted by Gasteiger charge is -2.51. The molecule has 0 bridgehead atoms. The third-order valence-electron chi connectivity index (χ3n) is 25.9. The van der Waals surface area contributed by atoms with Gasteiger partial charge in [-0.25, -0.2) is 0 Å². The molecule has 64 nitrogen and oxygen atoms in total. The molecule has 144 heavy (non-hydrogen) atoms. The predicted molar refractivity (Wildman–Crippen MR) is 444 cm³/mol. The van der Waals surface area contributed by atoms with Crippen molar-refractivity contribution in [2.24, 2.45) is 0 Å². The summed E-state index contributed by atoms with van der Waals surface area (Å²) in [6, 6.07) is -10.6. The summed E-state index contributed by atoms with van der Waals surface area (Å²) in [6.45, 7) is -8.64. The van der Waals surface area contributed by atoms with Gasteiger partial charge in [-0.05, 0) is 0 Å². The van der Waals surface area contributed by atoms with Crippen LogP contribution in [0.15, 0.2) is 0 Å². The monoisotopic (exact) mass is 2110 g/mol. The molecule has 11 aliphatic rings. The van der Waals surface area contributed by atoms with E-state index in [1.165, 1.54) is 0 Å². The molecule has 11 saturated heterocycles. The average Bonchev–Trinajstić information content (AvgIpc) is 0.758. The van der Waals surface area contributed by atoms with Gasteiger partial charge < -0.3 is 289 Å². The van der Waals surface area contributed by atoms with Crippen LogP contribution in [0.2, 0.25) is 0 Å². The normalized spacial score (nSPS) is 47.3. The second-order valence-electron chi connectivity index (χ2n) is 36.0. The van der Waals surface area contributed by atoms with Crippen molar-refractivity contribution in [2.45, 2.75) is 378 Å². The Hall–Kier alpha value is -5.26. The second kappa shape index (κ2) is 53.3. The van der Waals surface area contributed by atoms with E-state index in [2.05, 4.69) is 31.9 Å². The minimum Gasteiger partial charge on any atom is -0.394 e. The summed E-state index contributed by atoms with van der Waals surface area (Å²) in [5.41, 5.74) is 0. The standard InChI is InChI=1S/C80H134N6O58/c1-20(98)82-37-48(109)42(103)26(7-88)126-72(37)142-67-45(106)28(9-90)128-78(59(67)120)139-63-31(12-93)131-70(39(50(63)111)84-22(3)100)124-17-35-44(105)54(115)57(118)77(135-35)138-62-30(11-92)130-71(38(49(62)110)83-21(2)99)125-18-36-47(108)69(144-74-40(85-23(4)101)51(112)64(32(13-94)132-74)137-76-56(117)53(114)43(104)27(8-89)127-76)61(122)80(136-36)140-65-33(14-95)133-73(41(52(65)113)86-24(5)102)143-68-46(107)29(10-91)129-79(60(68)121)141-66-34(15-96)134-75(58(119)55(66)116)123-16-25(6-87)81-19-97/h19,25-80,87-96,103-122H,6-18H2,1-5H3,(H,81,97)(H,82,98)(H,83,99)(H,84,100)(H,85,101)(H,86,102)/t25-,26-,27-,28-,29-,30-,31-,32-,33-,34-,35-,36-,37-,38-,39-,40-,41-,42-,43+,44+,45+,46+,47+,48-,49-,50-,51-,52-,53+,54+,55-,56-,57-,58-,59-,60-,61-,62-,63-,64-,65-,66-,67+,68+,69+,70-,71-,72+,73+,74+,75-,76+,77+,78+,79+,80+/m1/s1. The summed E-state index contributed by atoms with van der Waals surface area (Å²) in [5.74, 6) is -4.73. The van der Waals surface area contributed by atoms with E-state index in [9.17, 15) is 182 Å². The van der Waals surface area contributed by atoms with E-state index in [-0.39, 0.29) is 6.41 Å². The Kier molecular flexibility index (Phi) is 44.1. The van der Waals surface area contributed by atoms with E-state index in [1.54, 1.807) is 0 Å². The fourth-order valence-electron chi connectivity index (χ4n) is 18.3. The van der Waals surface area contributed by atoms with Gasteiger partial charge in [0.15, 0.2) is 69.2 Å². The van der Waals surface area contributed by atoms with Gasteiger partial charge in [-0.3, -0.25) is 28.8 Å². The van der Waals surface area contributed by atoms with Gasteiger partial charge in [0.2, 0.25) is 35.9 Å². The number of hydrogen-bond acceptors (Lipinski definition) is 58. The number of aliphatic hydroxyl groups excluding tert-OH is 30. The molecular weight excluding hydrogens is 1970 g/mol. The van der Waals surface area contributed by atoms with Gasteiger partial charge in [0.25, 0.3) is 0 Å². The lowest BCUT2D eigenvalue weighted by molar-refractivity contribution is -0.389. The van der Waals surface area contributed by atoms with E-state index in [0.29, 0.717) is 0 Å². The largest absolute Gasteiger partial charge is 0.394 e. The number of carbonyl (C=O) groups excluding carboxylic acids is 6. The molecule has 0 aromatic heterocycles. The van der Waals surface area contributed by atoms with Crippen molar-refractivity contribution in [1.82, 2.24) is 31.9 Å². The van der Waals surface area contributed by atoms with Crippen LogP contribution in [0.3, 0.4) is 0 Å². The molecule has 0 radical (unpaired) electrons. The Bertz CT molecular complexity index is 3980. The second-order valence-corrected chi connectivity index (χ2v) is 36.0. The van der Waals surface area contributed by atoms with Crippen molar-refractivity contribution in [2.75, 3.05) is 85.9 Å². The summed E-state index contributed by atoms with van der Waals surface area (Å²) in [7, 11) is 0. The highest BCUT2D eigenvalue weighted by atomic mass is 16.8. The van der Waals surface area contributed by atoms with Crippen LogP contribution >= 0.6 is 0 Å². The molecule has 0 unspecified atom stereocenters. The first-order valence-electron chi connectivity index (χ1n) is 45.9. The third kappa shape index (κ3) is 27.1. The van der Waals surface area contributed by atoms with Crippen LogP contribution in [0.5, 0.6) is 0 Å². The highest BCUT2D eigenvalue weighted by molar-refractivity contribution is 5.75. The summed E-state index contributed by atoms with van der Waals surface area (Å²) < 4.78 is 130. The number of aliphatic hydroxyl groups is 30. The average molecular weight is 2110 g/mol. The first-order valence-corrected chi connectivity index (χ1v) is 45.9. The summed E-state index contributed by atoms with van der Waals surface area (Å²) in [6.07, 6.45) is -104. The molecule has 56 atom stereocenters. The van der Waals surface area contributed by atoms with Crippen molar-refractivity contribution in [3.63, 3.8) is 0 Å².